The van der Waals surface area contributed by atoms with E-state index in [1.165, 1.54) is 13.2 Å². The number of ether oxygens (including phenoxy) is 1. The Hall–Kier alpha value is -0.620. The minimum atomic E-state index is -0.580. The van der Waals surface area contributed by atoms with Gasteiger partial charge in [0.2, 0.25) is 0 Å². The highest BCUT2D eigenvalue weighted by Crippen LogP contribution is 2.27. The Morgan fingerprint density at radius 2 is 1.95 bits per heavy atom. The highest BCUT2D eigenvalue weighted by molar-refractivity contribution is 5.85. The minimum absolute atomic E-state index is 0. The molecule has 1 aliphatic heterocycles. The molecule has 0 aromatic heterocycles. The van der Waals surface area contributed by atoms with Gasteiger partial charge in [0, 0.05) is 37.8 Å². The average molecular weight is 329 g/mol. The third kappa shape index (κ3) is 4.45. The third-order valence-corrected chi connectivity index (χ3v) is 3.31. The van der Waals surface area contributed by atoms with E-state index in [-0.39, 0.29) is 24.8 Å². The number of nitrogens with zero attached hydrogens (tertiary/aromatic N) is 1. The molecule has 1 aliphatic rings. The fourth-order valence-corrected chi connectivity index (χ4v) is 2.28. The summed E-state index contributed by atoms with van der Waals surface area (Å²) < 4.78 is 32.1. The molecule has 1 aromatic rings. The molecular formula is C13H20Cl2F2N2O. The molecule has 0 radical (unpaired) electrons. The molecular weight excluding hydrogens is 309 g/mol. The summed E-state index contributed by atoms with van der Waals surface area (Å²) in [5.41, 5.74) is 0.403. The van der Waals surface area contributed by atoms with Crippen molar-refractivity contribution >= 4 is 24.8 Å². The molecule has 1 atom stereocenters. The zero-order valence-electron chi connectivity index (χ0n) is 11.3. The minimum Gasteiger partial charge on any atom is -0.497 e. The van der Waals surface area contributed by atoms with Crippen LogP contribution in [0, 0.1) is 5.82 Å². The fraction of sp³-hybridized carbons (Fsp3) is 0.538. The lowest BCUT2D eigenvalue weighted by Gasteiger charge is -2.33. The van der Waals surface area contributed by atoms with Gasteiger partial charge in [0.15, 0.2) is 0 Å². The zero-order valence-corrected chi connectivity index (χ0v) is 12.9. The maximum absolute atomic E-state index is 13.9. The van der Waals surface area contributed by atoms with Crippen LogP contribution >= 0.6 is 24.8 Å². The number of hydrogen-bond donors (Lipinski definition) is 1. The highest BCUT2D eigenvalue weighted by Gasteiger charge is 2.24. The second kappa shape index (κ2) is 9.34. The van der Waals surface area contributed by atoms with Crippen molar-refractivity contribution in [1.82, 2.24) is 10.2 Å². The first-order chi connectivity index (χ1) is 8.76. The van der Waals surface area contributed by atoms with Crippen molar-refractivity contribution in [3.63, 3.8) is 0 Å². The van der Waals surface area contributed by atoms with Crippen molar-refractivity contribution in [3.8, 4) is 5.75 Å². The number of nitrogens with one attached hydrogen (secondary N) is 1. The van der Waals surface area contributed by atoms with Crippen molar-refractivity contribution in [2.45, 2.75) is 6.04 Å². The molecule has 0 saturated carbocycles. The second-order valence-corrected chi connectivity index (χ2v) is 4.34. The third-order valence-electron chi connectivity index (χ3n) is 3.31. The molecule has 0 aliphatic carbocycles. The van der Waals surface area contributed by atoms with E-state index in [0.29, 0.717) is 11.3 Å². The van der Waals surface area contributed by atoms with E-state index in [9.17, 15) is 8.78 Å². The molecule has 3 nitrogen and oxygen atoms in total. The summed E-state index contributed by atoms with van der Waals surface area (Å²) >= 11 is 0. The fourth-order valence-electron chi connectivity index (χ4n) is 2.28. The summed E-state index contributed by atoms with van der Waals surface area (Å²) in [6.07, 6.45) is 0. The molecule has 1 heterocycles. The van der Waals surface area contributed by atoms with Gasteiger partial charge in [-0.15, -0.1) is 24.8 Å². The Kier molecular flexibility index (Phi) is 9.05. The Morgan fingerprint density at radius 3 is 2.45 bits per heavy atom. The lowest BCUT2D eigenvalue weighted by atomic mass is 10.0. The van der Waals surface area contributed by atoms with E-state index < -0.39 is 18.5 Å². The van der Waals surface area contributed by atoms with Crippen LogP contribution < -0.4 is 10.1 Å². The first-order valence-electron chi connectivity index (χ1n) is 6.10. The van der Waals surface area contributed by atoms with Gasteiger partial charge in [0.1, 0.15) is 18.2 Å². The van der Waals surface area contributed by atoms with Crippen LogP contribution in [0.4, 0.5) is 8.78 Å². The van der Waals surface area contributed by atoms with Crippen molar-refractivity contribution in [1.29, 1.82) is 0 Å². The topological polar surface area (TPSA) is 24.5 Å². The molecule has 0 spiro atoms. The van der Waals surface area contributed by atoms with Crippen molar-refractivity contribution in [3.05, 3.63) is 29.6 Å². The lowest BCUT2D eigenvalue weighted by Crippen LogP contribution is -2.45. The van der Waals surface area contributed by atoms with Crippen molar-refractivity contribution in [2.24, 2.45) is 0 Å². The van der Waals surface area contributed by atoms with Crippen LogP contribution in [0.1, 0.15) is 11.6 Å². The van der Waals surface area contributed by atoms with Crippen LogP contribution in [0.15, 0.2) is 18.2 Å². The van der Waals surface area contributed by atoms with Crippen molar-refractivity contribution < 1.29 is 13.5 Å². The number of halogens is 4. The van der Waals surface area contributed by atoms with Gasteiger partial charge in [0.05, 0.1) is 13.2 Å². The van der Waals surface area contributed by atoms with Gasteiger partial charge in [-0.05, 0) is 6.07 Å². The number of alkyl halides is 1. The van der Waals surface area contributed by atoms with Gasteiger partial charge in [-0.1, -0.05) is 6.07 Å². The van der Waals surface area contributed by atoms with E-state index in [0.717, 1.165) is 26.2 Å². The monoisotopic (exact) mass is 328 g/mol. The Morgan fingerprint density at radius 1 is 1.30 bits per heavy atom. The zero-order chi connectivity index (χ0) is 13.0. The molecule has 116 valence electrons. The van der Waals surface area contributed by atoms with E-state index in [1.807, 2.05) is 4.90 Å². The first kappa shape index (κ1) is 19.4. The van der Waals surface area contributed by atoms with Crippen LogP contribution in [-0.2, 0) is 0 Å². The standard InChI is InChI=1S/C13H18F2N2O.2ClH/c1-18-10-2-3-11(12(15)8-10)13(9-14)17-6-4-16-5-7-17;;/h2-3,8,13,16H,4-7,9H2,1H3;2*1H/t13-;;/m1../s1. The molecule has 1 aromatic carbocycles. The van der Waals surface area contributed by atoms with Gasteiger partial charge >= 0.3 is 0 Å². The SMILES string of the molecule is COc1ccc([C@@H](CF)N2CCNCC2)c(F)c1.Cl.Cl. The quantitative estimate of drug-likeness (QED) is 0.919. The van der Waals surface area contributed by atoms with E-state index in [1.54, 1.807) is 12.1 Å². The summed E-state index contributed by atoms with van der Waals surface area (Å²) in [6, 6.07) is 4.09. The van der Waals surface area contributed by atoms with Gasteiger partial charge in [-0.3, -0.25) is 4.90 Å². The molecule has 2 rings (SSSR count). The number of benzene rings is 1. The molecule has 0 bridgehead atoms. The summed E-state index contributed by atoms with van der Waals surface area (Å²) in [4.78, 5) is 1.97. The molecule has 0 amide bonds. The maximum Gasteiger partial charge on any atom is 0.131 e. The Balaban J connectivity index is 0.00000180. The summed E-state index contributed by atoms with van der Waals surface area (Å²) in [5, 5.41) is 3.20. The molecule has 0 unspecified atom stereocenters. The van der Waals surface area contributed by atoms with Crippen LogP contribution in [0.25, 0.3) is 0 Å². The van der Waals surface area contributed by atoms with E-state index in [4.69, 9.17) is 4.74 Å². The smallest absolute Gasteiger partial charge is 0.131 e. The highest BCUT2D eigenvalue weighted by atomic mass is 35.5. The Labute approximate surface area is 130 Å². The normalized spacial score (nSPS) is 16.8. The van der Waals surface area contributed by atoms with Crippen LogP contribution in [0.3, 0.4) is 0 Å². The number of piperazine rings is 1. The molecule has 1 fully saturated rings. The summed E-state index contributed by atoms with van der Waals surface area (Å²) in [5.74, 6) is 0.0460. The van der Waals surface area contributed by atoms with Gasteiger partial charge in [-0.25, -0.2) is 8.78 Å². The van der Waals surface area contributed by atoms with Gasteiger partial charge in [0.25, 0.3) is 0 Å². The number of hydrogen-bond acceptors (Lipinski definition) is 3. The number of methoxy groups -OCH3 is 1. The maximum atomic E-state index is 13.9. The summed E-state index contributed by atoms with van der Waals surface area (Å²) in [7, 11) is 1.48. The Bertz CT molecular complexity index is 404. The molecule has 20 heavy (non-hydrogen) atoms. The molecule has 1 saturated heterocycles. The van der Waals surface area contributed by atoms with Crippen LogP contribution in [0.5, 0.6) is 5.75 Å². The lowest BCUT2D eigenvalue weighted by molar-refractivity contribution is 0.144. The summed E-state index contributed by atoms with van der Waals surface area (Å²) in [6.45, 7) is 2.52. The van der Waals surface area contributed by atoms with Gasteiger partial charge < -0.3 is 10.1 Å². The predicted octanol–water partition coefficient (Wildman–Crippen LogP) is 2.59. The second-order valence-electron chi connectivity index (χ2n) is 4.34. The average Bonchev–Trinajstić information content (AvgIpc) is 2.42. The largest absolute Gasteiger partial charge is 0.497 e. The predicted molar refractivity (Wildman–Crippen MR) is 80.6 cm³/mol. The van der Waals surface area contributed by atoms with E-state index >= 15 is 0 Å². The molecule has 7 heteroatoms. The van der Waals surface area contributed by atoms with E-state index in [2.05, 4.69) is 5.32 Å². The van der Waals surface area contributed by atoms with Gasteiger partial charge in [-0.2, -0.15) is 0 Å². The van der Waals surface area contributed by atoms with Crippen LogP contribution in [-0.4, -0.2) is 44.9 Å². The molecule has 1 N–H and O–H groups in total. The van der Waals surface area contributed by atoms with Crippen LogP contribution in [0.2, 0.25) is 0 Å². The van der Waals surface area contributed by atoms with Crippen molar-refractivity contribution in [2.75, 3.05) is 40.0 Å². The first-order valence-corrected chi connectivity index (χ1v) is 6.10. The number of rotatable bonds is 4.